The first kappa shape index (κ1) is 16.3. The molecular formula is C15H9F7. The highest BCUT2D eigenvalue weighted by atomic mass is 19.4. The van der Waals surface area contributed by atoms with E-state index in [1.807, 2.05) is 0 Å². The van der Waals surface area contributed by atoms with Gasteiger partial charge in [-0.2, -0.15) is 26.3 Å². The molecule has 0 saturated carbocycles. The van der Waals surface area contributed by atoms with Crippen LogP contribution in [0.25, 0.3) is 11.1 Å². The number of hydrogen-bond donors (Lipinski definition) is 0. The van der Waals surface area contributed by atoms with E-state index in [0.29, 0.717) is 17.7 Å². The minimum atomic E-state index is -4.93. The van der Waals surface area contributed by atoms with E-state index in [1.165, 1.54) is 13.0 Å². The van der Waals surface area contributed by atoms with Gasteiger partial charge in [0.05, 0.1) is 11.1 Å². The first-order chi connectivity index (χ1) is 9.98. The Bertz CT molecular complexity index is 664. The van der Waals surface area contributed by atoms with Gasteiger partial charge in [-0.05, 0) is 53.9 Å². The maximum atomic E-state index is 13.3. The fourth-order valence-electron chi connectivity index (χ4n) is 2.02. The van der Waals surface area contributed by atoms with Crippen molar-refractivity contribution in [3.05, 3.63) is 58.9 Å². The van der Waals surface area contributed by atoms with Gasteiger partial charge in [-0.15, -0.1) is 0 Å². The second kappa shape index (κ2) is 5.30. The van der Waals surface area contributed by atoms with Crippen molar-refractivity contribution in [2.45, 2.75) is 19.3 Å². The summed E-state index contributed by atoms with van der Waals surface area (Å²) in [6.07, 6.45) is -9.87. The molecule has 0 fully saturated rings. The summed E-state index contributed by atoms with van der Waals surface area (Å²) in [7, 11) is 0. The molecule has 2 aromatic carbocycles. The van der Waals surface area contributed by atoms with E-state index in [1.54, 1.807) is 0 Å². The molecule has 118 valence electrons. The fraction of sp³-hybridized carbons (Fsp3) is 0.200. The smallest absolute Gasteiger partial charge is 0.207 e. The van der Waals surface area contributed by atoms with E-state index in [0.717, 1.165) is 12.1 Å². The van der Waals surface area contributed by atoms with Crippen LogP contribution in [-0.2, 0) is 12.4 Å². The Morgan fingerprint density at radius 2 is 1.23 bits per heavy atom. The first-order valence-corrected chi connectivity index (χ1v) is 6.04. The summed E-state index contributed by atoms with van der Waals surface area (Å²) < 4.78 is 90.0. The average molecular weight is 322 g/mol. The van der Waals surface area contributed by atoms with Crippen LogP contribution in [0.2, 0.25) is 0 Å². The van der Waals surface area contributed by atoms with E-state index in [-0.39, 0.29) is 17.2 Å². The average Bonchev–Trinajstić information content (AvgIpc) is 2.39. The maximum Gasteiger partial charge on any atom is 0.416 e. The lowest BCUT2D eigenvalue weighted by Crippen LogP contribution is -2.11. The minimum Gasteiger partial charge on any atom is -0.207 e. The second-order valence-electron chi connectivity index (χ2n) is 4.75. The summed E-state index contributed by atoms with van der Waals surface area (Å²) in [5.41, 5.74) is -2.84. The molecule has 2 rings (SSSR count). The summed E-state index contributed by atoms with van der Waals surface area (Å²) in [6, 6.07) is 4.48. The van der Waals surface area contributed by atoms with Gasteiger partial charge in [0.2, 0.25) is 0 Å². The SMILES string of the molecule is Cc1ccc(F)cc1-c1cc(C(F)(F)F)cc(C(F)(F)F)c1. The number of rotatable bonds is 1. The molecule has 7 heteroatoms. The predicted octanol–water partition coefficient (Wildman–Crippen LogP) is 5.84. The molecule has 0 aromatic heterocycles. The largest absolute Gasteiger partial charge is 0.416 e. The van der Waals surface area contributed by atoms with Gasteiger partial charge in [0, 0.05) is 0 Å². The number of alkyl halides is 6. The molecule has 0 aliphatic carbocycles. The maximum absolute atomic E-state index is 13.3. The molecule has 0 heterocycles. The van der Waals surface area contributed by atoms with Crippen LogP contribution in [0.5, 0.6) is 0 Å². The van der Waals surface area contributed by atoms with Crippen molar-refractivity contribution in [3.8, 4) is 11.1 Å². The van der Waals surface area contributed by atoms with Crippen LogP contribution >= 0.6 is 0 Å². The van der Waals surface area contributed by atoms with Crippen molar-refractivity contribution < 1.29 is 30.7 Å². The van der Waals surface area contributed by atoms with Crippen LogP contribution in [0.1, 0.15) is 16.7 Å². The van der Waals surface area contributed by atoms with E-state index in [9.17, 15) is 30.7 Å². The molecule has 0 N–H and O–H groups in total. The molecule has 0 amide bonds. The highest BCUT2D eigenvalue weighted by Crippen LogP contribution is 2.39. The van der Waals surface area contributed by atoms with Crippen LogP contribution in [0.4, 0.5) is 30.7 Å². The number of aryl methyl sites for hydroxylation is 1. The third-order valence-electron chi connectivity index (χ3n) is 3.10. The number of halogens is 7. The highest BCUT2D eigenvalue weighted by Gasteiger charge is 2.37. The summed E-state index contributed by atoms with van der Waals surface area (Å²) in [6.45, 7) is 1.47. The highest BCUT2D eigenvalue weighted by molar-refractivity contribution is 5.69. The third kappa shape index (κ3) is 3.40. The Hall–Kier alpha value is -2.05. The van der Waals surface area contributed by atoms with E-state index in [2.05, 4.69) is 0 Å². The van der Waals surface area contributed by atoms with Crippen LogP contribution in [0, 0.1) is 12.7 Å². The number of benzene rings is 2. The van der Waals surface area contributed by atoms with Gasteiger partial charge in [0.15, 0.2) is 0 Å². The zero-order chi connectivity index (χ0) is 16.7. The van der Waals surface area contributed by atoms with Crippen LogP contribution < -0.4 is 0 Å². The third-order valence-corrected chi connectivity index (χ3v) is 3.10. The van der Waals surface area contributed by atoms with Crippen molar-refractivity contribution in [1.82, 2.24) is 0 Å². The molecule has 0 aliphatic rings. The minimum absolute atomic E-state index is 0.0170. The molecule has 0 spiro atoms. The summed E-state index contributed by atoms with van der Waals surface area (Å²) in [4.78, 5) is 0. The molecule has 0 radical (unpaired) electrons. The molecule has 0 bridgehead atoms. The van der Waals surface area contributed by atoms with E-state index >= 15 is 0 Å². The molecule has 0 saturated heterocycles. The Kier molecular flexibility index (Phi) is 3.93. The fourth-order valence-corrected chi connectivity index (χ4v) is 2.02. The predicted molar refractivity (Wildman–Crippen MR) is 66.6 cm³/mol. The zero-order valence-corrected chi connectivity index (χ0v) is 11.1. The first-order valence-electron chi connectivity index (χ1n) is 6.04. The molecule has 0 nitrogen and oxygen atoms in total. The van der Waals surface area contributed by atoms with Gasteiger partial charge in [-0.3, -0.25) is 0 Å². The Balaban J connectivity index is 2.73. The van der Waals surface area contributed by atoms with Crippen molar-refractivity contribution in [1.29, 1.82) is 0 Å². The second-order valence-corrected chi connectivity index (χ2v) is 4.75. The lowest BCUT2D eigenvalue weighted by Gasteiger charge is -2.15. The molecule has 0 atom stereocenters. The quantitative estimate of drug-likeness (QED) is 0.579. The monoisotopic (exact) mass is 322 g/mol. The topological polar surface area (TPSA) is 0 Å². The van der Waals surface area contributed by atoms with Gasteiger partial charge >= 0.3 is 12.4 Å². The van der Waals surface area contributed by atoms with Crippen molar-refractivity contribution >= 4 is 0 Å². The molecule has 2 aromatic rings. The molecule has 22 heavy (non-hydrogen) atoms. The van der Waals surface area contributed by atoms with Crippen LogP contribution in [0.3, 0.4) is 0 Å². The Morgan fingerprint density at radius 1 is 0.727 bits per heavy atom. The molecule has 0 unspecified atom stereocenters. The summed E-state index contributed by atoms with van der Waals surface area (Å²) in [5, 5.41) is 0. The lowest BCUT2D eigenvalue weighted by atomic mass is 9.96. The zero-order valence-electron chi connectivity index (χ0n) is 11.1. The summed E-state index contributed by atoms with van der Waals surface area (Å²) >= 11 is 0. The Labute approximate surface area is 121 Å². The van der Waals surface area contributed by atoms with Crippen molar-refractivity contribution in [2.24, 2.45) is 0 Å². The number of hydrogen-bond acceptors (Lipinski definition) is 0. The van der Waals surface area contributed by atoms with Crippen LogP contribution in [0.15, 0.2) is 36.4 Å². The van der Waals surface area contributed by atoms with Gasteiger partial charge in [-0.25, -0.2) is 4.39 Å². The molecule has 0 aliphatic heterocycles. The van der Waals surface area contributed by atoms with Gasteiger partial charge in [0.25, 0.3) is 0 Å². The van der Waals surface area contributed by atoms with E-state index in [4.69, 9.17) is 0 Å². The lowest BCUT2D eigenvalue weighted by molar-refractivity contribution is -0.143. The van der Waals surface area contributed by atoms with Crippen LogP contribution in [-0.4, -0.2) is 0 Å². The standard InChI is InChI=1S/C15H9F7/c1-8-2-3-12(16)7-13(8)9-4-10(14(17,18)19)6-11(5-9)15(20,21)22/h2-7H,1H3. The molecular weight excluding hydrogens is 313 g/mol. The van der Waals surface area contributed by atoms with Gasteiger partial charge < -0.3 is 0 Å². The normalized spacial score (nSPS) is 12.5. The van der Waals surface area contributed by atoms with E-state index < -0.39 is 29.3 Å². The summed E-state index contributed by atoms with van der Waals surface area (Å²) in [5.74, 6) is -0.744. The Morgan fingerprint density at radius 3 is 1.68 bits per heavy atom. The van der Waals surface area contributed by atoms with Gasteiger partial charge in [0.1, 0.15) is 5.82 Å². The van der Waals surface area contributed by atoms with Crippen molar-refractivity contribution in [3.63, 3.8) is 0 Å². The van der Waals surface area contributed by atoms with Crippen molar-refractivity contribution in [2.75, 3.05) is 0 Å². The van der Waals surface area contributed by atoms with Gasteiger partial charge in [-0.1, -0.05) is 6.07 Å².